The predicted molar refractivity (Wildman–Crippen MR) is 128 cm³/mol. The number of alkyl halides is 6. The highest BCUT2D eigenvalue weighted by Gasteiger charge is 2.44. The SMILES string of the molecule is [C-]#[N+]N=C1c2nc(-c3ccccc3)c(C(F)(F)F)nc2C(=NC#N)c2nc(C(F)(F)F)c(-c3ccccc3)nc21. The Balaban J connectivity index is 1.91. The molecule has 2 aromatic heterocycles. The van der Waals surface area contributed by atoms with Crippen LogP contribution in [0.15, 0.2) is 70.8 Å². The van der Waals surface area contributed by atoms with E-state index in [1.165, 1.54) is 54.7 Å². The molecule has 1 aliphatic carbocycles. The van der Waals surface area contributed by atoms with E-state index in [4.69, 9.17) is 6.57 Å². The number of hydrogen-bond acceptors (Lipinski definition) is 7. The fourth-order valence-corrected chi connectivity index (χ4v) is 4.05. The van der Waals surface area contributed by atoms with Gasteiger partial charge in [0.2, 0.25) is 11.9 Å². The number of hydrogen-bond donors (Lipinski definition) is 0. The van der Waals surface area contributed by atoms with Crippen molar-refractivity contribution in [2.24, 2.45) is 10.1 Å². The van der Waals surface area contributed by atoms with Crippen molar-refractivity contribution in [1.29, 1.82) is 5.26 Å². The monoisotopic (exact) mass is 548 g/mol. The molecule has 1 aliphatic rings. The van der Waals surface area contributed by atoms with Gasteiger partial charge in [-0.25, -0.2) is 19.9 Å². The summed E-state index contributed by atoms with van der Waals surface area (Å²) >= 11 is 0. The molecule has 14 heteroatoms. The molecule has 196 valence electrons. The summed E-state index contributed by atoms with van der Waals surface area (Å²) in [6.45, 7) is 7.27. The molecule has 4 aromatic rings. The average molecular weight is 548 g/mol. The van der Waals surface area contributed by atoms with Crippen LogP contribution in [-0.4, -0.2) is 31.4 Å². The van der Waals surface area contributed by atoms with Crippen molar-refractivity contribution in [3.05, 3.63) is 106 Å². The first-order valence-electron chi connectivity index (χ1n) is 11.1. The maximum Gasteiger partial charge on any atom is 0.435 e. The summed E-state index contributed by atoms with van der Waals surface area (Å²) < 4.78 is 84.9. The fraction of sp³-hybridized carbons (Fsp3) is 0.0769. The molecule has 0 atom stereocenters. The molecule has 0 amide bonds. The molecule has 2 aromatic carbocycles. The summed E-state index contributed by atoms with van der Waals surface area (Å²) in [7, 11) is 0. The maximum atomic E-state index is 14.2. The van der Waals surface area contributed by atoms with Gasteiger partial charge < -0.3 is 0 Å². The van der Waals surface area contributed by atoms with Gasteiger partial charge in [0, 0.05) is 11.1 Å². The Labute approximate surface area is 220 Å². The van der Waals surface area contributed by atoms with Gasteiger partial charge in [0.15, 0.2) is 11.4 Å². The zero-order valence-corrected chi connectivity index (χ0v) is 19.6. The van der Waals surface area contributed by atoms with E-state index in [-0.39, 0.29) is 11.1 Å². The standard InChI is InChI=1S/C26H10F6N8/c1-34-40-22-20-18(38-23(25(27,28)29)15(36-20)13-8-4-2-5-9-13)17(35-12-33)19-21(22)37-16(14-10-6-3-7-11-14)24(39-19)26(30,31)32/h2-11H. The van der Waals surface area contributed by atoms with Crippen LogP contribution in [0, 0.1) is 18.0 Å². The maximum absolute atomic E-state index is 14.2. The second-order valence-electron chi connectivity index (χ2n) is 8.07. The number of benzene rings is 2. The summed E-state index contributed by atoms with van der Waals surface area (Å²) in [5, 5.41) is 12.9. The molecule has 0 saturated heterocycles. The van der Waals surface area contributed by atoms with Crippen LogP contribution in [-0.2, 0) is 12.4 Å². The molecule has 40 heavy (non-hydrogen) atoms. The summed E-state index contributed by atoms with van der Waals surface area (Å²) in [6, 6.07) is 14.4. The first kappa shape index (κ1) is 26.1. The van der Waals surface area contributed by atoms with Crippen molar-refractivity contribution in [1.82, 2.24) is 19.9 Å². The minimum absolute atomic E-state index is 0.0142. The third-order valence-corrected chi connectivity index (χ3v) is 5.63. The molecule has 5 rings (SSSR count). The lowest BCUT2D eigenvalue weighted by molar-refractivity contribution is -0.141. The number of aliphatic imine (C=N–C) groups is 1. The predicted octanol–water partition coefficient (Wildman–Crippen LogP) is 5.94. The summed E-state index contributed by atoms with van der Waals surface area (Å²) in [6.07, 6.45) is -8.77. The lowest BCUT2D eigenvalue weighted by atomic mass is 9.94. The lowest BCUT2D eigenvalue weighted by Crippen LogP contribution is -2.31. The van der Waals surface area contributed by atoms with Crippen molar-refractivity contribution in [2.75, 3.05) is 0 Å². The van der Waals surface area contributed by atoms with E-state index in [1.54, 1.807) is 12.1 Å². The molecule has 0 unspecified atom stereocenters. The van der Waals surface area contributed by atoms with Gasteiger partial charge >= 0.3 is 12.4 Å². The smallest absolute Gasteiger partial charge is 0.241 e. The number of rotatable bonds is 2. The van der Waals surface area contributed by atoms with E-state index >= 15 is 0 Å². The first-order valence-corrected chi connectivity index (χ1v) is 11.1. The van der Waals surface area contributed by atoms with Crippen LogP contribution in [0.2, 0.25) is 0 Å². The average Bonchev–Trinajstić information content (AvgIpc) is 2.93. The van der Waals surface area contributed by atoms with Gasteiger partial charge in [-0.2, -0.15) is 43.2 Å². The van der Waals surface area contributed by atoms with Crippen molar-refractivity contribution < 1.29 is 26.3 Å². The topological polar surface area (TPSA) is 104 Å². The summed E-state index contributed by atoms with van der Waals surface area (Å²) in [5.74, 6) is 0. The Morgan fingerprint density at radius 2 is 1.02 bits per heavy atom. The van der Waals surface area contributed by atoms with Crippen molar-refractivity contribution >= 4 is 11.4 Å². The highest BCUT2D eigenvalue weighted by Crippen LogP contribution is 2.40. The molecular formula is C26H10F6N8. The Kier molecular flexibility index (Phi) is 6.31. The number of fused-ring (bicyclic) bond motifs is 2. The molecule has 0 aliphatic heterocycles. The van der Waals surface area contributed by atoms with Crippen LogP contribution >= 0.6 is 0 Å². The minimum atomic E-state index is -5.07. The third kappa shape index (κ3) is 4.52. The second-order valence-corrected chi connectivity index (χ2v) is 8.07. The minimum Gasteiger partial charge on any atom is -0.241 e. The molecule has 0 radical (unpaired) electrons. The van der Waals surface area contributed by atoms with Gasteiger partial charge in [-0.1, -0.05) is 60.7 Å². The Hall–Kier alpha value is -5.50. The van der Waals surface area contributed by atoms with Crippen molar-refractivity contribution in [3.63, 3.8) is 0 Å². The van der Waals surface area contributed by atoms with E-state index in [0.717, 1.165) is 0 Å². The molecule has 0 saturated carbocycles. The van der Waals surface area contributed by atoms with Crippen LogP contribution < -0.4 is 0 Å². The largest absolute Gasteiger partial charge is 0.435 e. The van der Waals surface area contributed by atoms with Crippen LogP contribution in [0.3, 0.4) is 0 Å². The van der Waals surface area contributed by atoms with Crippen molar-refractivity contribution in [2.45, 2.75) is 12.4 Å². The van der Waals surface area contributed by atoms with Gasteiger partial charge in [-0.05, 0) is 0 Å². The molecule has 0 spiro atoms. The van der Waals surface area contributed by atoms with E-state index in [2.05, 4.69) is 35.0 Å². The highest BCUT2D eigenvalue weighted by atomic mass is 19.4. The quantitative estimate of drug-likeness (QED) is 0.118. The van der Waals surface area contributed by atoms with Crippen LogP contribution in [0.25, 0.3) is 27.5 Å². The van der Waals surface area contributed by atoms with Crippen LogP contribution in [0.5, 0.6) is 0 Å². The highest BCUT2D eigenvalue weighted by molar-refractivity contribution is 6.29. The normalized spacial score (nSPS) is 12.6. The van der Waals surface area contributed by atoms with Gasteiger partial charge in [0.1, 0.15) is 39.9 Å². The zero-order chi connectivity index (χ0) is 28.7. The molecule has 0 fully saturated rings. The molecule has 0 bridgehead atoms. The molecule has 0 N–H and O–H groups in total. The molecular weight excluding hydrogens is 538 g/mol. The third-order valence-electron chi connectivity index (χ3n) is 5.63. The fourth-order valence-electron chi connectivity index (χ4n) is 4.05. The summed E-state index contributed by atoms with van der Waals surface area (Å²) in [4.78, 5) is 22.0. The Morgan fingerprint density at radius 3 is 1.38 bits per heavy atom. The van der Waals surface area contributed by atoms with E-state index in [0.29, 0.717) is 0 Å². The summed E-state index contributed by atoms with van der Waals surface area (Å²) in [5.41, 5.74) is -7.73. The van der Waals surface area contributed by atoms with E-state index < -0.39 is 69.3 Å². The molecule has 2 heterocycles. The van der Waals surface area contributed by atoms with Crippen molar-refractivity contribution in [3.8, 4) is 28.7 Å². The second kappa shape index (κ2) is 9.67. The number of halogens is 6. The van der Waals surface area contributed by atoms with Crippen LogP contribution in [0.1, 0.15) is 34.2 Å². The number of nitriles is 1. The van der Waals surface area contributed by atoms with Gasteiger partial charge in [-0.3, -0.25) is 0 Å². The molecule has 8 nitrogen and oxygen atoms in total. The van der Waals surface area contributed by atoms with Gasteiger partial charge in [-0.15, -0.1) is 4.95 Å². The first-order chi connectivity index (χ1) is 19.0. The van der Waals surface area contributed by atoms with Crippen LogP contribution in [0.4, 0.5) is 26.3 Å². The number of aromatic nitrogens is 4. The van der Waals surface area contributed by atoms with E-state index in [9.17, 15) is 31.6 Å². The van der Waals surface area contributed by atoms with E-state index in [1.807, 2.05) is 0 Å². The van der Waals surface area contributed by atoms with Gasteiger partial charge in [0.25, 0.3) is 0 Å². The number of nitrogens with zero attached hydrogens (tertiary/aromatic N) is 8. The Morgan fingerprint density at radius 1 is 0.625 bits per heavy atom. The van der Waals surface area contributed by atoms with Gasteiger partial charge in [0.05, 0.1) is 5.10 Å². The Bertz CT molecular complexity index is 1670. The zero-order valence-electron chi connectivity index (χ0n) is 19.6. The lowest BCUT2D eigenvalue weighted by Gasteiger charge is -2.23.